The smallest absolute Gasteiger partial charge is 0.0232 e. The highest BCUT2D eigenvalue weighted by Crippen LogP contribution is 2.06. The Morgan fingerprint density at radius 1 is 1.40 bits per heavy atom. The molecule has 60 valence electrons. The lowest BCUT2D eigenvalue weighted by atomic mass is 10.2. The van der Waals surface area contributed by atoms with Gasteiger partial charge in [-0.1, -0.05) is 13.8 Å². The van der Waals surface area contributed by atoms with Crippen LogP contribution < -0.4 is 5.32 Å². The molecule has 1 aliphatic rings. The van der Waals surface area contributed by atoms with E-state index in [1.165, 1.54) is 32.6 Å². The molecular weight excluding hydrogens is 124 g/mol. The number of rotatable bonds is 3. The number of hydrogen-bond donors (Lipinski definition) is 1. The summed E-state index contributed by atoms with van der Waals surface area (Å²) < 4.78 is 0. The number of hydrogen-bond acceptors (Lipinski definition) is 2. The third-order valence-corrected chi connectivity index (χ3v) is 2.36. The first-order chi connectivity index (χ1) is 4.88. The van der Waals surface area contributed by atoms with Crippen molar-refractivity contribution in [3.8, 4) is 0 Å². The van der Waals surface area contributed by atoms with Gasteiger partial charge in [-0.2, -0.15) is 0 Å². The highest BCUT2D eigenvalue weighted by molar-refractivity contribution is 4.78. The molecule has 1 saturated heterocycles. The Balaban J connectivity index is 2.29. The van der Waals surface area contributed by atoms with Gasteiger partial charge in [0.1, 0.15) is 0 Å². The number of nitrogens with one attached hydrogen (secondary N) is 1. The van der Waals surface area contributed by atoms with Crippen LogP contribution >= 0.6 is 0 Å². The third-order valence-electron chi connectivity index (χ3n) is 2.36. The minimum Gasteiger partial charge on any atom is -0.315 e. The number of nitrogens with zero attached hydrogens (tertiary/aromatic N) is 1. The van der Waals surface area contributed by atoms with E-state index in [-0.39, 0.29) is 0 Å². The summed E-state index contributed by atoms with van der Waals surface area (Å²) in [7, 11) is 0. The predicted octanol–water partition coefficient (Wildman–Crippen LogP) is 0.690. The summed E-state index contributed by atoms with van der Waals surface area (Å²) in [6.45, 7) is 9.28. The molecule has 0 amide bonds. The zero-order valence-corrected chi connectivity index (χ0v) is 7.06. The molecule has 1 atom stereocenters. The SMILES string of the molecule is CCN(CC)[C@H]1CCNC1. The predicted molar refractivity (Wildman–Crippen MR) is 44.2 cm³/mol. The Kier molecular flexibility index (Phi) is 3.16. The molecule has 0 aliphatic carbocycles. The van der Waals surface area contributed by atoms with Crippen molar-refractivity contribution in [3.05, 3.63) is 0 Å². The molecule has 0 bridgehead atoms. The van der Waals surface area contributed by atoms with Crippen LogP contribution in [0.15, 0.2) is 0 Å². The fourth-order valence-electron chi connectivity index (χ4n) is 1.69. The highest BCUT2D eigenvalue weighted by Gasteiger charge is 2.18. The third kappa shape index (κ3) is 1.70. The quantitative estimate of drug-likeness (QED) is 0.623. The molecule has 0 unspecified atom stereocenters. The standard InChI is InChI=1S/C8H18N2/c1-3-10(4-2)8-5-6-9-7-8/h8-9H,3-7H2,1-2H3/t8-/m0/s1. The average Bonchev–Trinajstić information content (AvgIpc) is 2.43. The molecule has 1 rings (SSSR count). The van der Waals surface area contributed by atoms with Gasteiger partial charge >= 0.3 is 0 Å². The zero-order chi connectivity index (χ0) is 7.40. The van der Waals surface area contributed by atoms with Gasteiger partial charge in [0.25, 0.3) is 0 Å². The van der Waals surface area contributed by atoms with Gasteiger partial charge in [0.05, 0.1) is 0 Å². The molecule has 1 aliphatic heterocycles. The Hall–Kier alpha value is -0.0800. The zero-order valence-electron chi connectivity index (χ0n) is 7.06. The van der Waals surface area contributed by atoms with Gasteiger partial charge in [-0.25, -0.2) is 0 Å². The van der Waals surface area contributed by atoms with Crippen LogP contribution in [0.2, 0.25) is 0 Å². The van der Waals surface area contributed by atoms with E-state index in [1.807, 2.05) is 0 Å². The molecule has 0 spiro atoms. The van der Waals surface area contributed by atoms with Crippen LogP contribution in [-0.4, -0.2) is 37.1 Å². The largest absolute Gasteiger partial charge is 0.315 e. The van der Waals surface area contributed by atoms with Crippen molar-refractivity contribution in [1.82, 2.24) is 10.2 Å². The van der Waals surface area contributed by atoms with Crippen molar-refractivity contribution in [2.24, 2.45) is 0 Å². The van der Waals surface area contributed by atoms with Gasteiger partial charge in [-0.05, 0) is 26.1 Å². The van der Waals surface area contributed by atoms with E-state index in [1.54, 1.807) is 0 Å². The van der Waals surface area contributed by atoms with Gasteiger partial charge in [-0.3, -0.25) is 4.90 Å². The summed E-state index contributed by atoms with van der Waals surface area (Å²) in [6.07, 6.45) is 1.34. The van der Waals surface area contributed by atoms with E-state index in [0.29, 0.717) is 0 Å². The summed E-state index contributed by atoms with van der Waals surface area (Å²) >= 11 is 0. The summed E-state index contributed by atoms with van der Waals surface area (Å²) in [4.78, 5) is 2.53. The highest BCUT2D eigenvalue weighted by atomic mass is 15.2. The second-order valence-electron chi connectivity index (χ2n) is 2.87. The van der Waals surface area contributed by atoms with Crippen LogP contribution in [0.1, 0.15) is 20.3 Å². The molecule has 1 heterocycles. The molecule has 0 saturated carbocycles. The maximum Gasteiger partial charge on any atom is 0.0232 e. The lowest BCUT2D eigenvalue weighted by Crippen LogP contribution is -2.36. The second-order valence-corrected chi connectivity index (χ2v) is 2.87. The van der Waals surface area contributed by atoms with Crippen LogP contribution in [-0.2, 0) is 0 Å². The fraction of sp³-hybridized carbons (Fsp3) is 1.00. The van der Waals surface area contributed by atoms with Crippen molar-refractivity contribution in [2.75, 3.05) is 26.2 Å². The minimum absolute atomic E-state index is 0.815. The van der Waals surface area contributed by atoms with Crippen molar-refractivity contribution in [3.63, 3.8) is 0 Å². The van der Waals surface area contributed by atoms with E-state index < -0.39 is 0 Å². The van der Waals surface area contributed by atoms with E-state index in [4.69, 9.17) is 0 Å². The van der Waals surface area contributed by atoms with Crippen LogP contribution in [0.25, 0.3) is 0 Å². The van der Waals surface area contributed by atoms with Gasteiger partial charge in [-0.15, -0.1) is 0 Å². The molecule has 0 aromatic rings. The Bertz CT molecular complexity index is 83.3. The molecular formula is C8H18N2. The Labute approximate surface area is 63.6 Å². The maximum atomic E-state index is 3.38. The first kappa shape index (κ1) is 8.02. The summed E-state index contributed by atoms with van der Waals surface area (Å²) in [5.74, 6) is 0. The normalized spacial score (nSPS) is 26.1. The van der Waals surface area contributed by atoms with Crippen molar-refractivity contribution in [2.45, 2.75) is 26.3 Å². The van der Waals surface area contributed by atoms with Crippen molar-refractivity contribution in [1.29, 1.82) is 0 Å². The minimum atomic E-state index is 0.815. The van der Waals surface area contributed by atoms with Gasteiger partial charge in [0.15, 0.2) is 0 Å². The fourth-order valence-corrected chi connectivity index (χ4v) is 1.69. The topological polar surface area (TPSA) is 15.3 Å². The molecule has 10 heavy (non-hydrogen) atoms. The van der Waals surface area contributed by atoms with Crippen LogP contribution in [0, 0.1) is 0 Å². The second kappa shape index (κ2) is 3.94. The Morgan fingerprint density at radius 2 is 2.10 bits per heavy atom. The maximum absolute atomic E-state index is 3.38. The molecule has 0 aromatic heterocycles. The van der Waals surface area contributed by atoms with Crippen LogP contribution in [0.4, 0.5) is 0 Å². The molecule has 2 nitrogen and oxygen atoms in total. The van der Waals surface area contributed by atoms with Crippen LogP contribution in [0.3, 0.4) is 0 Å². The van der Waals surface area contributed by atoms with Crippen molar-refractivity contribution < 1.29 is 0 Å². The lowest BCUT2D eigenvalue weighted by molar-refractivity contribution is 0.231. The number of likely N-dealkylation sites (N-methyl/N-ethyl adjacent to an activating group) is 1. The average molecular weight is 142 g/mol. The first-order valence-electron chi connectivity index (χ1n) is 4.33. The van der Waals surface area contributed by atoms with Gasteiger partial charge in [0.2, 0.25) is 0 Å². The van der Waals surface area contributed by atoms with E-state index in [0.717, 1.165) is 6.04 Å². The first-order valence-corrected chi connectivity index (χ1v) is 4.33. The lowest BCUT2D eigenvalue weighted by Gasteiger charge is -2.24. The summed E-state index contributed by atoms with van der Waals surface area (Å²) in [5.41, 5.74) is 0. The van der Waals surface area contributed by atoms with E-state index >= 15 is 0 Å². The van der Waals surface area contributed by atoms with Gasteiger partial charge < -0.3 is 5.32 Å². The van der Waals surface area contributed by atoms with Crippen molar-refractivity contribution >= 4 is 0 Å². The van der Waals surface area contributed by atoms with Gasteiger partial charge in [0, 0.05) is 12.6 Å². The van der Waals surface area contributed by atoms with E-state index in [9.17, 15) is 0 Å². The molecule has 0 radical (unpaired) electrons. The monoisotopic (exact) mass is 142 g/mol. The molecule has 0 aromatic carbocycles. The van der Waals surface area contributed by atoms with Crippen LogP contribution in [0.5, 0.6) is 0 Å². The molecule has 1 fully saturated rings. The van der Waals surface area contributed by atoms with E-state index in [2.05, 4.69) is 24.1 Å². The summed E-state index contributed by atoms with van der Waals surface area (Å²) in [6, 6.07) is 0.815. The molecule has 2 heteroatoms. The summed E-state index contributed by atoms with van der Waals surface area (Å²) in [5, 5.41) is 3.38. The Morgan fingerprint density at radius 3 is 2.50 bits per heavy atom. The molecule has 1 N–H and O–H groups in total.